The van der Waals surface area contributed by atoms with Gasteiger partial charge >= 0.3 is 13.5 Å². The fourth-order valence-electron chi connectivity index (χ4n) is 3.29. The molecule has 0 aliphatic carbocycles. The Kier molecular flexibility index (Phi) is 7.57. The minimum absolute atomic E-state index is 0.174. The number of rotatable bonds is 9. The maximum Gasteiger partial charge on any atom is 0.470 e. The molecule has 1 aliphatic rings. The van der Waals surface area contributed by atoms with Gasteiger partial charge in [-0.3, -0.25) is 13.9 Å². The van der Waals surface area contributed by atoms with E-state index >= 15 is 0 Å². The highest BCUT2D eigenvalue weighted by molar-refractivity contribution is 7.46. The van der Waals surface area contributed by atoms with Crippen LogP contribution in [0.25, 0.3) is 0 Å². The monoisotopic (exact) mass is 458 g/mol. The molecule has 4 atom stereocenters. The Bertz CT molecular complexity index is 1030. The van der Waals surface area contributed by atoms with Crippen molar-refractivity contribution in [2.24, 2.45) is 0 Å². The summed E-state index contributed by atoms with van der Waals surface area (Å²) in [6.07, 6.45) is -3.74. The quantitative estimate of drug-likeness (QED) is 0.421. The van der Waals surface area contributed by atoms with E-state index in [1.54, 1.807) is 0 Å². The maximum absolute atomic E-state index is 12.9. The molecule has 3 rings (SSSR count). The van der Waals surface area contributed by atoms with E-state index in [2.05, 4.69) is 0 Å². The van der Waals surface area contributed by atoms with Crippen LogP contribution in [0.3, 0.4) is 0 Å². The number of ether oxygens (including phenoxy) is 3. The lowest BCUT2D eigenvalue weighted by atomic mass is 10.1. The first kappa shape index (κ1) is 23.5. The molecule has 0 amide bonds. The lowest BCUT2D eigenvalue weighted by Gasteiger charge is -2.23. The van der Waals surface area contributed by atoms with Crippen molar-refractivity contribution in [3.8, 4) is 0 Å². The van der Waals surface area contributed by atoms with Crippen LogP contribution < -0.4 is 11.2 Å². The Balaban J connectivity index is 1.85. The van der Waals surface area contributed by atoms with E-state index in [4.69, 9.17) is 28.5 Å². The smallest absolute Gasteiger partial charge is 0.394 e. The molecule has 1 aliphatic heterocycles. The number of phosphoric ester groups is 1. The molecule has 170 valence electrons. The van der Waals surface area contributed by atoms with Crippen molar-refractivity contribution in [3.05, 3.63) is 69.0 Å². The van der Waals surface area contributed by atoms with Crippen LogP contribution in [0.2, 0.25) is 0 Å². The van der Waals surface area contributed by atoms with Crippen molar-refractivity contribution in [1.29, 1.82) is 0 Å². The molecule has 0 unspecified atom stereocenters. The van der Waals surface area contributed by atoms with Crippen molar-refractivity contribution < 1.29 is 38.2 Å². The van der Waals surface area contributed by atoms with Crippen LogP contribution in [0, 0.1) is 0 Å². The van der Waals surface area contributed by atoms with Crippen LogP contribution in [0.5, 0.6) is 0 Å². The van der Waals surface area contributed by atoms with E-state index in [0.29, 0.717) is 0 Å². The molecule has 3 N–H and O–H groups in total. The first-order valence-electron chi connectivity index (χ1n) is 9.22. The van der Waals surface area contributed by atoms with E-state index < -0.39 is 50.2 Å². The van der Waals surface area contributed by atoms with Gasteiger partial charge < -0.3 is 29.1 Å². The third-order valence-corrected chi connectivity index (χ3v) is 5.22. The van der Waals surface area contributed by atoms with Gasteiger partial charge in [0.15, 0.2) is 6.23 Å². The molecule has 1 fully saturated rings. The fourth-order valence-corrected chi connectivity index (χ4v) is 3.86. The third-order valence-electron chi connectivity index (χ3n) is 4.70. The maximum atomic E-state index is 12.9. The minimum Gasteiger partial charge on any atom is -0.394 e. The third kappa shape index (κ3) is 5.56. The highest BCUT2D eigenvalue weighted by atomic mass is 31.2. The normalized spacial score (nSPS) is 23.9. The van der Waals surface area contributed by atoms with Crippen molar-refractivity contribution in [2.45, 2.75) is 37.9 Å². The molecule has 0 bridgehead atoms. The Morgan fingerprint density at radius 1 is 1.13 bits per heavy atom. The van der Waals surface area contributed by atoms with Gasteiger partial charge in [-0.2, -0.15) is 0 Å². The predicted octanol–water partition coefficient (Wildman–Crippen LogP) is -0.433. The molecule has 1 aromatic carbocycles. The zero-order valence-electron chi connectivity index (χ0n) is 16.5. The molecular weight excluding hydrogens is 435 g/mol. The molecule has 12 nitrogen and oxygen atoms in total. The number of hydrogen-bond acceptors (Lipinski definition) is 8. The van der Waals surface area contributed by atoms with Crippen LogP contribution in [0.4, 0.5) is 0 Å². The van der Waals surface area contributed by atoms with E-state index in [1.807, 2.05) is 30.3 Å². The zero-order valence-corrected chi connectivity index (χ0v) is 17.4. The Labute approximate surface area is 176 Å². The summed E-state index contributed by atoms with van der Waals surface area (Å²) in [5.41, 5.74) is -0.544. The molecule has 31 heavy (non-hydrogen) atoms. The number of aliphatic hydroxyl groups excluding tert-OH is 1. The van der Waals surface area contributed by atoms with Gasteiger partial charge in [0.2, 0.25) is 0 Å². The van der Waals surface area contributed by atoms with Gasteiger partial charge in [0.1, 0.15) is 25.0 Å². The second-order valence-electron chi connectivity index (χ2n) is 6.74. The second-order valence-corrected chi connectivity index (χ2v) is 7.94. The minimum atomic E-state index is -4.94. The Morgan fingerprint density at radius 3 is 2.45 bits per heavy atom. The summed E-state index contributed by atoms with van der Waals surface area (Å²) in [5.74, 6) is 0. The van der Waals surface area contributed by atoms with Crippen LogP contribution in [0.1, 0.15) is 11.8 Å². The van der Waals surface area contributed by atoms with Crippen molar-refractivity contribution in [2.75, 3.05) is 13.7 Å². The van der Waals surface area contributed by atoms with Crippen LogP contribution in [-0.4, -0.2) is 56.1 Å². The van der Waals surface area contributed by atoms with Gasteiger partial charge in [-0.25, -0.2) is 13.9 Å². The summed E-state index contributed by atoms with van der Waals surface area (Å²) >= 11 is 0. The van der Waals surface area contributed by atoms with Gasteiger partial charge in [-0.1, -0.05) is 30.3 Å². The van der Waals surface area contributed by atoms with Gasteiger partial charge in [0.25, 0.3) is 5.56 Å². The Hall–Kier alpha value is -2.15. The van der Waals surface area contributed by atoms with Gasteiger partial charge in [-0.05, 0) is 5.56 Å². The molecule has 1 aromatic heterocycles. The average molecular weight is 458 g/mol. The molecule has 13 heteroatoms. The molecule has 0 spiro atoms. The van der Waals surface area contributed by atoms with E-state index in [-0.39, 0.29) is 13.3 Å². The molecule has 0 saturated carbocycles. The number of phosphoric acid groups is 1. The number of methoxy groups -OCH3 is 1. The molecular formula is C18H23N2O10P. The highest BCUT2D eigenvalue weighted by Gasteiger charge is 2.49. The summed E-state index contributed by atoms with van der Waals surface area (Å²) < 4.78 is 34.2. The van der Waals surface area contributed by atoms with E-state index in [1.165, 1.54) is 13.3 Å². The zero-order chi connectivity index (χ0) is 22.6. The van der Waals surface area contributed by atoms with Crippen LogP contribution in [-0.2, 0) is 36.6 Å². The second kappa shape index (κ2) is 9.98. The standard InChI is InChI=1S/C18H23N2O10P/c1-27-16-15(30-31(24,25)26)13(9-21)29-17(16)19-8-7-14(22)20(18(19)23)11-28-10-12-5-3-2-4-6-12/h2-8,13,15-17,21H,9-11H2,1H3,(H2,24,25,26)/t13-,15-,16-,17-/m1/s1. The largest absolute Gasteiger partial charge is 0.470 e. The van der Waals surface area contributed by atoms with Crippen molar-refractivity contribution >= 4 is 7.82 Å². The predicted molar refractivity (Wildman–Crippen MR) is 105 cm³/mol. The highest BCUT2D eigenvalue weighted by Crippen LogP contribution is 2.44. The van der Waals surface area contributed by atoms with E-state index in [9.17, 15) is 19.3 Å². The number of aromatic nitrogens is 2. The topological polar surface area (TPSA) is 159 Å². The lowest BCUT2D eigenvalue weighted by Crippen LogP contribution is -2.44. The summed E-state index contributed by atoms with van der Waals surface area (Å²) in [6, 6.07) is 10.3. The number of aliphatic hydroxyl groups is 1. The van der Waals surface area contributed by atoms with Crippen LogP contribution >= 0.6 is 7.82 Å². The summed E-state index contributed by atoms with van der Waals surface area (Å²) in [6.45, 7) is -0.799. The first-order chi connectivity index (χ1) is 14.7. The SMILES string of the molecule is CO[C@@H]1[C@H](OP(=O)(O)O)[C@@H](CO)O[C@H]1n1ccc(=O)n(COCc2ccccc2)c1=O. The van der Waals surface area contributed by atoms with Gasteiger partial charge in [0, 0.05) is 19.4 Å². The fraction of sp³-hybridized carbons (Fsp3) is 0.444. The molecule has 2 heterocycles. The lowest BCUT2D eigenvalue weighted by molar-refractivity contribution is -0.0641. The van der Waals surface area contributed by atoms with Gasteiger partial charge in [0.05, 0.1) is 13.2 Å². The van der Waals surface area contributed by atoms with Gasteiger partial charge in [-0.15, -0.1) is 0 Å². The summed E-state index contributed by atoms with van der Waals surface area (Å²) in [4.78, 5) is 43.4. The van der Waals surface area contributed by atoms with Crippen molar-refractivity contribution in [3.63, 3.8) is 0 Å². The van der Waals surface area contributed by atoms with Crippen LogP contribution in [0.15, 0.2) is 52.2 Å². The Morgan fingerprint density at radius 2 is 1.84 bits per heavy atom. The summed E-state index contributed by atoms with van der Waals surface area (Å²) in [7, 11) is -3.70. The molecule has 2 aromatic rings. The summed E-state index contributed by atoms with van der Waals surface area (Å²) in [5, 5.41) is 9.53. The molecule has 0 radical (unpaired) electrons. The first-order valence-corrected chi connectivity index (χ1v) is 10.7. The van der Waals surface area contributed by atoms with Crippen molar-refractivity contribution in [1.82, 2.24) is 9.13 Å². The number of nitrogens with zero attached hydrogens (tertiary/aromatic N) is 2. The number of hydrogen-bond donors (Lipinski definition) is 3. The molecule has 1 saturated heterocycles. The van der Waals surface area contributed by atoms with E-state index in [0.717, 1.165) is 20.8 Å². The average Bonchev–Trinajstić information content (AvgIpc) is 3.06. The number of benzene rings is 1.